The number of benzene rings is 3. The quantitative estimate of drug-likeness (QED) is 0.635. The summed E-state index contributed by atoms with van der Waals surface area (Å²) >= 11 is 0. The monoisotopic (exact) mass is 276 g/mol. The van der Waals surface area contributed by atoms with Gasteiger partial charge in [-0.1, -0.05) is 54.6 Å². The highest BCUT2D eigenvalue weighted by Gasteiger charge is 2.04. The summed E-state index contributed by atoms with van der Waals surface area (Å²) in [6, 6.07) is 23.5. The molecule has 0 heterocycles. The highest BCUT2D eigenvalue weighted by Crippen LogP contribution is 2.26. The summed E-state index contributed by atoms with van der Waals surface area (Å²) in [5.74, 6) is 0.948. The van der Waals surface area contributed by atoms with Crippen molar-refractivity contribution in [3.8, 4) is 5.75 Å². The van der Waals surface area contributed by atoms with Crippen LogP contribution in [0.15, 0.2) is 66.7 Å². The molecule has 1 nitrogen and oxygen atoms in total. The van der Waals surface area contributed by atoms with Gasteiger partial charge in [0.1, 0.15) is 5.75 Å². The van der Waals surface area contributed by atoms with Gasteiger partial charge >= 0.3 is 0 Å². The summed E-state index contributed by atoms with van der Waals surface area (Å²) < 4.78 is 5.43. The molecule has 0 radical (unpaired) electrons. The zero-order chi connectivity index (χ0) is 14.5. The van der Waals surface area contributed by atoms with Gasteiger partial charge in [-0.3, -0.25) is 0 Å². The van der Waals surface area contributed by atoms with Crippen LogP contribution in [0.5, 0.6) is 5.75 Å². The fraction of sp³-hybridized carbons (Fsp3) is 0.200. The molecule has 0 atom stereocenters. The normalized spacial score (nSPS) is 10.7. The van der Waals surface area contributed by atoms with E-state index in [2.05, 4.69) is 66.7 Å². The van der Waals surface area contributed by atoms with Gasteiger partial charge in [0.25, 0.3) is 0 Å². The zero-order valence-electron chi connectivity index (χ0n) is 12.4. The zero-order valence-corrected chi connectivity index (χ0v) is 12.4. The number of hydrogen-bond donors (Lipinski definition) is 0. The molecule has 0 aliphatic rings. The molecule has 106 valence electrons. The third-order valence-electron chi connectivity index (χ3n) is 3.91. The molecule has 0 bridgehead atoms. The van der Waals surface area contributed by atoms with E-state index in [0.717, 1.165) is 25.0 Å². The van der Waals surface area contributed by atoms with Gasteiger partial charge in [0.05, 0.1) is 7.11 Å². The minimum Gasteiger partial charge on any atom is -0.497 e. The van der Waals surface area contributed by atoms with Crippen molar-refractivity contribution >= 4 is 10.8 Å². The molecule has 0 aromatic heterocycles. The largest absolute Gasteiger partial charge is 0.497 e. The molecule has 0 aliphatic carbocycles. The van der Waals surface area contributed by atoms with E-state index < -0.39 is 0 Å². The maximum Gasteiger partial charge on any atom is 0.119 e. The first-order chi connectivity index (χ1) is 10.4. The minimum absolute atomic E-state index is 0.948. The number of ether oxygens (including phenoxy) is 1. The number of fused-ring (bicyclic) bond motifs is 1. The lowest BCUT2D eigenvalue weighted by Crippen LogP contribution is -1.93. The van der Waals surface area contributed by atoms with E-state index in [1.54, 1.807) is 7.11 Å². The SMILES string of the molecule is COc1cc(CCCc2ccccc2)c2ccccc2c1. The summed E-state index contributed by atoms with van der Waals surface area (Å²) in [6.45, 7) is 0. The summed E-state index contributed by atoms with van der Waals surface area (Å²) in [7, 11) is 1.73. The second-order valence-electron chi connectivity index (χ2n) is 5.35. The molecule has 0 N–H and O–H groups in total. The van der Waals surface area contributed by atoms with Gasteiger partial charge in [-0.25, -0.2) is 0 Å². The van der Waals surface area contributed by atoms with E-state index in [1.807, 2.05) is 0 Å². The first kappa shape index (κ1) is 13.7. The molecule has 0 saturated heterocycles. The van der Waals surface area contributed by atoms with Crippen LogP contribution in [-0.2, 0) is 12.8 Å². The van der Waals surface area contributed by atoms with Crippen molar-refractivity contribution in [3.63, 3.8) is 0 Å². The molecule has 0 amide bonds. The van der Waals surface area contributed by atoms with Crippen LogP contribution in [0.1, 0.15) is 17.5 Å². The fourth-order valence-corrected chi connectivity index (χ4v) is 2.81. The second kappa shape index (κ2) is 6.45. The standard InChI is InChI=1S/C20H20O/c1-21-19-14-17-11-5-6-13-20(17)18(15-19)12-7-10-16-8-3-2-4-9-16/h2-6,8-9,11,13-15H,7,10,12H2,1H3. The smallest absolute Gasteiger partial charge is 0.119 e. The molecule has 0 unspecified atom stereocenters. The van der Waals surface area contributed by atoms with Crippen LogP contribution in [0.4, 0.5) is 0 Å². The summed E-state index contributed by atoms with van der Waals surface area (Å²) in [4.78, 5) is 0. The third kappa shape index (κ3) is 3.25. The Morgan fingerprint density at radius 2 is 1.57 bits per heavy atom. The molecule has 3 rings (SSSR count). The van der Waals surface area contributed by atoms with Crippen LogP contribution in [0, 0.1) is 0 Å². The number of methoxy groups -OCH3 is 1. The number of aryl methyl sites for hydroxylation is 2. The lowest BCUT2D eigenvalue weighted by atomic mass is 9.98. The van der Waals surface area contributed by atoms with Crippen molar-refractivity contribution in [2.75, 3.05) is 7.11 Å². The van der Waals surface area contributed by atoms with Gasteiger partial charge in [-0.15, -0.1) is 0 Å². The summed E-state index contributed by atoms with van der Waals surface area (Å²) in [6.07, 6.45) is 3.35. The van der Waals surface area contributed by atoms with Gasteiger partial charge in [0.15, 0.2) is 0 Å². The predicted octanol–water partition coefficient (Wildman–Crippen LogP) is 5.02. The Morgan fingerprint density at radius 3 is 2.38 bits per heavy atom. The molecule has 0 fully saturated rings. The third-order valence-corrected chi connectivity index (χ3v) is 3.91. The first-order valence-corrected chi connectivity index (χ1v) is 7.46. The average molecular weight is 276 g/mol. The van der Waals surface area contributed by atoms with Gasteiger partial charge in [0.2, 0.25) is 0 Å². The molecule has 0 aliphatic heterocycles. The van der Waals surface area contributed by atoms with Gasteiger partial charge in [-0.05, 0) is 53.3 Å². The highest BCUT2D eigenvalue weighted by atomic mass is 16.5. The predicted molar refractivity (Wildman–Crippen MR) is 89.0 cm³/mol. The Labute approximate surface area is 126 Å². The van der Waals surface area contributed by atoms with Crippen molar-refractivity contribution in [2.45, 2.75) is 19.3 Å². The summed E-state index contributed by atoms with van der Waals surface area (Å²) in [5, 5.41) is 2.60. The fourth-order valence-electron chi connectivity index (χ4n) is 2.81. The molecule has 1 heteroatoms. The van der Waals surface area contributed by atoms with Crippen LogP contribution in [0.3, 0.4) is 0 Å². The molecule has 3 aromatic carbocycles. The van der Waals surface area contributed by atoms with Crippen LogP contribution in [-0.4, -0.2) is 7.11 Å². The Hall–Kier alpha value is -2.28. The summed E-state index contributed by atoms with van der Waals surface area (Å²) in [5.41, 5.74) is 2.78. The molecular weight excluding hydrogens is 256 g/mol. The lowest BCUT2D eigenvalue weighted by Gasteiger charge is -2.10. The Balaban J connectivity index is 1.79. The van der Waals surface area contributed by atoms with E-state index in [0.29, 0.717) is 0 Å². The van der Waals surface area contributed by atoms with Crippen molar-refractivity contribution in [2.24, 2.45) is 0 Å². The Kier molecular flexibility index (Phi) is 4.20. The molecular formula is C20H20O. The topological polar surface area (TPSA) is 9.23 Å². The van der Waals surface area contributed by atoms with E-state index in [9.17, 15) is 0 Å². The van der Waals surface area contributed by atoms with Gasteiger partial charge < -0.3 is 4.74 Å². The molecule has 21 heavy (non-hydrogen) atoms. The van der Waals surface area contributed by atoms with Crippen molar-refractivity contribution in [1.29, 1.82) is 0 Å². The van der Waals surface area contributed by atoms with Crippen molar-refractivity contribution < 1.29 is 4.74 Å². The van der Waals surface area contributed by atoms with E-state index >= 15 is 0 Å². The minimum atomic E-state index is 0.948. The lowest BCUT2D eigenvalue weighted by molar-refractivity contribution is 0.415. The molecule has 0 spiro atoms. The average Bonchev–Trinajstić information content (AvgIpc) is 2.55. The van der Waals surface area contributed by atoms with Crippen LogP contribution >= 0.6 is 0 Å². The molecule has 3 aromatic rings. The van der Waals surface area contributed by atoms with Gasteiger partial charge in [0, 0.05) is 0 Å². The van der Waals surface area contributed by atoms with Crippen molar-refractivity contribution in [1.82, 2.24) is 0 Å². The highest BCUT2D eigenvalue weighted by molar-refractivity contribution is 5.87. The van der Waals surface area contributed by atoms with Crippen LogP contribution < -0.4 is 4.74 Å². The van der Waals surface area contributed by atoms with Crippen LogP contribution in [0.2, 0.25) is 0 Å². The molecule has 0 saturated carbocycles. The van der Waals surface area contributed by atoms with Gasteiger partial charge in [-0.2, -0.15) is 0 Å². The first-order valence-electron chi connectivity index (χ1n) is 7.46. The van der Waals surface area contributed by atoms with E-state index in [-0.39, 0.29) is 0 Å². The number of rotatable bonds is 5. The second-order valence-corrected chi connectivity index (χ2v) is 5.35. The Morgan fingerprint density at radius 1 is 0.810 bits per heavy atom. The maximum atomic E-state index is 5.43. The van der Waals surface area contributed by atoms with E-state index in [1.165, 1.54) is 21.9 Å². The maximum absolute atomic E-state index is 5.43. The number of hydrogen-bond acceptors (Lipinski definition) is 1. The Bertz CT molecular complexity index is 716. The van der Waals surface area contributed by atoms with Crippen LogP contribution in [0.25, 0.3) is 10.8 Å². The van der Waals surface area contributed by atoms with Crippen molar-refractivity contribution in [3.05, 3.63) is 77.9 Å². The van der Waals surface area contributed by atoms with E-state index in [4.69, 9.17) is 4.74 Å².